The minimum absolute atomic E-state index is 0.0880. The highest BCUT2D eigenvalue weighted by Gasteiger charge is 2.31. The Morgan fingerprint density at radius 2 is 2.40 bits per heavy atom. The third kappa shape index (κ3) is 2.55. The molecule has 0 radical (unpaired) electrons. The fourth-order valence-electron chi connectivity index (χ4n) is 2.25. The first-order valence-electron chi connectivity index (χ1n) is 5.45. The number of allylic oxidation sites excluding steroid dienone is 1. The van der Waals surface area contributed by atoms with E-state index in [1.165, 1.54) is 13.5 Å². The number of nitrogens with one attached hydrogen (secondary N) is 1. The lowest BCUT2D eigenvalue weighted by Crippen LogP contribution is -2.50. The molecule has 0 saturated carbocycles. The van der Waals surface area contributed by atoms with E-state index in [0.29, 0.717) is 11.3 Å². The highest BCUT2D eigenvalue weighted by atomic mass is 32.2. The molecule has 4 heteroatoms. The second kappa shape index (κ2) is 5.03. The zero-order valence-electron chi connectivity index (χ0n) is 8.94. The maximum atomic E-state index is 11.4. The molecular weight excluding hydrogens is 210 g/mol. The molecular formula is C11H17NO2S. The van der Waals surface area contributed by atoms with Crippen molar-refractivity contribution in [2.45, 2.75) is 43.0 Å². The summed E-state index contributed by atoms with van der Waals surface area (Å²) in [5.74, 6) is -0.115. The standard InChI is InChI=1S/C11H17NO2S/c1-14-11(13)9-5-2-4-8(12-9)10-6-3-7-15-10/h3,7-10,12H,2,4-6H2,1H3/t8-,9+,10?/m0/s1. The van der Waals surface area contributed by atoms with Gasteiger partial charge in [0.15, 0.2) is 0 Å². The van der Waals surface area contributed by atoms with Crippen molar-refractivity contribution in [3.8, 4) is 0 Å². The van der Waals surface area contributed by atoms with Crippen molar-refractivity contribution < 1.29 is 9.53 Å². The SMILES string of the molecule is COC(=O)[C@H]1CCC[C@@H](C2CC=CS2)N1. The molecule has 1 N–H and O–H groups in total. The zero-order chi connectivity index (χ0) is 10.7. The molecule has 15 heavy (non-hydrogen) atoms. The number of rotatable bonds is 2. The number of carbonyl (C=O) groups is 1. The number of carbonyl (C=O) groups excluding carboxylic acids is 1. The molecule has 1 unspecified atom stereocenters. The van der Waals surface area contributed by atoms with Gasteiger partial charge in [-0.2, -0.15) is 0 Å². The fraction of sp³-hybridized carbons (Fsp3) is 0.727. The number of methoxy groups -OCH3 is 1. The lowest BCUT2D eigenvalue weighted by Gasteiger charge is -2.32. The van der Waals surface area contributed by atoms with E-state index in [1.54, 1.807) is 0 Å². The molecule has 0 amide bonds. The Morgan fingerprint density at radius 3 is 3.07 bits per heavy atom. The van der Waals surface area contributed by atoms with Gasteiger partial charge in [0.2, 0.25) is 0 Å². The summed E-state index contributed by atoms with van der Waals surface area (Å²) < 4.78 is 4.78. The first-order chi connectivity index (χ1) is 7.31. The average molecular weight is 227 g/mol. The van der Waals surface area contributed by atoms with Crippen molar-refractivity contribution in [3.05, 3.63) is 11.5 Å². The fourth-order valence-corrected chi connectivity index (χ4v) is 3.30. The highest BCUT2D eigenvalue weighted by Crippen LogP contribution is 2.31. The molecule has 0 spiro atoms. The van der Waals surface area contributed by atoms with Gasteiger partial charge in [0.1, 0.15) is 6.04 Å². The van der Waals surface area contributed by atoms with Crippen molar-refractivity contribution >= 4 is 17.7 Å². The number of esters is 1. The molecule has 0 bridgehead atoms. The van der Waals surface area contributed by atoms with Crippen molar-refractivity contribution in [2.75, 3.05) is 7.11 Å². The summed E-state index contributed by atoms with van der Waals surface area (Å²) in [7, 11) is 1.46. The molecule has 2 aliphatic rings. The van der Waals surface area contributed by atoms with E-state index in [-0.39, 0.29) is 12.0 Å². The molecule has 84 valence electrons. The number of thioether (sulfide) groups is 1. The number of hydrogen-bond acceptors (Lipinski definition) is 4. The molecule has 0 aromatic carbocycles. The first kappa shape index (κ1) is 11.0. The number of ether oxygens (including phenoxy) is 1. The summed E-state index contributed by atoms with van der Waals surface area (Å²) in [6.45, 7) is 0. The Bertz CT molecular complexity index is 259. The highest BCUT2D eigenvalue weighted by molar-refractivity contribution is 8.03. The van der Waals surface area contributed by atoms with Crippen molar-refractivity contribution in [1.29, 1.82) is 0 Å². The van der Waals surface area contributed by atoms with Crippen LogP contribution in [0.1, 0.15) is 25.7 Å². The molecule has 1 saturated heterocycles. The van der Waals surface area contributed by atoms with Gasteiger partial charge in [-0.15, -0.1) is 11.8 Å². The minimum Gasteiger partial charge on any atom is -0.468 e. The van der Waals surface area contributed by atoms with Crippen molar-refractivity contribution in [1.82, 2.24) is 5.32 Å². The van der Waals surface area contributed by atoms with Crippen LogP contribution in [0.2, 0.25) is 0 Å². The zero-order valence-corrected chi connectivity index (χ0v) is 9.76. The van der Waals surface area contributed by atoms with Gasteiger partial charge in [-0.3, -0.25) is 4.79 Å². The van der Waals surface area contributed by atoms with Gasteiger partial charge in [0.05, 0.1) is 7.11 Å². The maximum absolute atomic E-state index is 11.4. The van der Waals surface area contributed by atoms with Crippen LogP contribution in [0, 0.1) is 0 Å². The maximum Gasteiger partial charge on any atom is 0.322 e. The molecule has 1 fully saturated rings. The molecule has 2 rings (SSSR count). The van der Waals surface area contributed by atoms with Crippen LogP contribution >= 0.6 is 11.8 Å². The van der Waals surface area contributed by atoms with E-state index in [4.69, 9.17) is 4.74 Å². The summed E-state index contributed by atoms with van der Waals surface area (Å²) in [6, 6.07) is 0.373. The van der Waals surface area contributed by atoms with Crippen LogP contribution in [0.25, 0.3) is 0 Å². The summed E-state index contributed by atoms with van der Waals surface area (Å²) in [5.41, 5.74) is 0. The lowest BCUT2D eigenvalue weighted by molar-refractivity contribution is -0.144. The van der Waals surface area contributed by atoms with Gasteiger partial charge < -0.3 is 10.1 Å². The molecule has 0 aliphatic carbocycles. The Morgan fingerprint density at radius 1 is 1.53 bits per heavy atom. The monoisotopic (exact) mass is 227 g/mol. The van der Waals surface area contributed by atoms with Crippen LogP contribution in [-0.2, 0) is 9.53 Å². The van der Waals surface area contributed by atoms with Crippen LogP contribution in [0.15, 0.2) is 11.5 Å². The van der Waals surface area contributed by atoms with E-state index in [9.17, 15) is 4.79 Å². The quantitative estimate of drug-likeness (QED) is 0.729. The average Bonchev–Trinajstić information content (AvgIpc) is 2.82. The molecule has 3 nitrogen and oxygen atoms in total. The van der Waals surface area contributed by atoms with Crippen molar-refractivity contribution in [3.63, 3.8) is 0 Å². The summed E-state index contributed by atoms with van der Waals surface area (Å²) in [6.07, 6.45) is 6.53. The Labute approximate surface area is 94.6 Å². The molecule has 2 aliphatic heterocycles. The third-order valence-corrected chi connectivity index (χ3v) is 4.30. The normalized spacial score (nSPS) is 35.4. The predicted molar refractivity (Wildman–Crippen MR) is 61.7 cm³/mol. The topological polar surface area (TPSA) is 38.3 Å². The van der Waals surface area contributed by atoms with E-state index >= 15 is 0 Å². The van der Waals surface area contributed by atoms with Crippen molar-refractivity contribution in [2.24, 2.45) is 0 Å². The van der Waals surface area contributed by atoms with Gasteiger partial charge >= 0.3 is 5.97 Å². The van der Waals surface area contributed by atoms with Gasteiger partial charge in [0.25, 0.3) is 0 Å². The van der Waals surface area contributed by atoms with Gasteiger partial charge in [-0.1, -0.05) is 6.08 Å². The van der Waals surface area contributed by atoms with Crippen LogP contribution in [-0.4, -0.2) is 30.4 Å². The van der Waals surface area contributed by atoms with Crippen LogP contribution < -0.4 is 5.32 Å². The van der Waals surface area contributed by atoms with E-state index in [2.05, 4.69) is 16.8 Å². The Balaban J connectivity index is 1.89. The van der Waals surface area contributed by atoms with Crippen LogP contribution in [0.3, 0.4) is 0 Å². The molecule has 3 atom stereocenters. The van der Waals surface area contributed by atoms with Gasteiger partial charge in [-0.05, 0) is 31.1 Å². The lowest BCUT2D eigenvalue weighted by atomic mass is 9.95. The summed E-state index contributed by atoms with van der Waals surface area (Å²) in [5, 5.41) is 6.18. The number of hydrogen-bond donors (Lipinski definition) is 1. The molecule has 0 aromatic rings. The second-order valence-corrected chi connectivity index (χ2v) is 5.21. The first-order valence-corrected chi connectivity index (χ1v) is 6.40. The smallest absolute Gasteiger partial charge is 0.322 e. The largest absolute Gasteiger partial charge is 0.468 e. The Kier molecular flexibility index (Phi) is 3.70. The summed E-state index contributed by atoms with van der Waals surface area (Å²) in [4.78, 5) is 11.4. The van der Waals surface area contributed by atoms with Gasteiger partial charge in [-0.25, -0.2) is 0 Å². The predicted octanol–water partition coefficient (Wildman–Crippen LogP) is 1.69. The number of piperidine rings is 1. The van der Waals surface area contributed by atoms with Crippen LogP contribution in [0.4, 0.5) is 0 Å². The Hall–Kier alpha value is -0.480. The van der Waals surface area contributed by atoms with E-state index in [1.807, 2.05) is 11.8 Å². The second-order valence-electron chi connectivity index (χ2n) is 4.06. The van der Waals surface area contributed by atoms with E-state index < -0.39 is 0 Å². The molecule has 2 heterocycles. The third-order valence-electron chi connectivity index (χ3n) is 3.08. The van der Waals surface area contributed by atoms with E-state index in [0.717, 1.165) is 19.3 Å². The molecule has 0 aromatic heterocycles. The summed E-state index contributed by atoms with van der Waals surface area (Å²) >= 11 is 1.88. The minimum atomic E-state index is -0.115. The van der Waals surface area contributed by atoms with Gasteiger partial charge in [0, 0.05) is 11.3 Å². The van der Waals surface area contributed by atoms with Crippen LogP contribution in [0.5, 0.6) is 0 Å².